The number of hydrogen-bond donors (Lipinski definition) is 1. The fraction of sp³-hybridized carbons (Fsp3) is 0.450. The van der Waals surface area contributed by atoms with Crippen LogP contribution in [0.5, 0.6) is 0 Å². The largest absolute Gasteiger partial charge is 0.466 e. The maximum atomic E-state index is 12.1. The van der Waals surface area contributed by atoms with E-state index < -0.39 is 0 Å². The van der Waals surface area contributed by atoms with E-state index in [9.17, 15) is 4.79 Å². The molecular weight excluding hydrogens is 360 g/mol. The molecule has 1 N–H and O–H groups in total. The molecule has 0 aromatic heterocycles. The van der Waals surface area contributed by atoms with Gasteiger partial charge in [0.25, 0.3) is 0 Å². The molecule has 1 aliphatic rings. The fourth-order valence-corrected chi connectivity index (χ4v) is 3.07. The number of rotatable bonds is 7. The molecular formula is C20H30N4O2S. The quantitative estimate of drug-likeness (QED) is 0.563. The first kappa shape index (κ1) is 22.8. The van der Waals surface area contributed by atoms with Gasteiger partial charge in [-0.3, -0.25) is 9.79 Å². The third kappa shape index (κ3) is 7.09. The summed E-state index contributed by atoms with van der Waals surface area (Å²) in [5.41, 5.74) is 1.97. The smallest absolute Gasteiger partial charge is 0.310 e. The maximum absolute atomic E-state index is 12.1. The Morgan fingerprint density at radius 1 is 1.37 bits per heavy atom. The minimum absolute atomic E-state index is 0.167. The van der Waals surface area contributed by atoms with Crippen LogP contribution < -0.4 is 5.32 Å². The Kier molecular flexibility index (Phi) is 10.9. The van der Waals surface area contributed by atoms with Crippen LogP contribution in [0.15, 0.2) is 51.8 Å². The summed E-state index contributed by atoms with van der Waals surface area (Å²) in [6.45, 7) is 9.08. The second kappa shape index (κ2) is 13.0. The molecule has 0 spiro atoms. The second-order valence-electron chi connectivity index (χ2n) is 5.23. The predicted molar refractivity (Wildman–Crippen MR) is 115 cm³/mol. The number of ether oxygens (including phenoxy) is 1. The molecule has 0 fully saturated rings. The molecule has 148 valence electrons. The summed E-state index contributed by atoms with van der Waals surface area (Å²) >= 11 is 1.53. The third-order valence-electron chi connectivity index (χ3n) is 3.53. The molecule has 1 heterocycles. The van der Waals surface area contributed by atoms with Crippen molar-refractivity contribution in [2.75, 3.05) is 19.5 Å². The van der Waals surface area contributed by atoms with Crippen LogP contribution in [0.1, 0.15) is 39.7 Å². The van der Waals surface area contributed by atoms with Crippen LogP contribution in [0.3, 0.4) is 0 Å². The van der Waals surface area contributed by atoms with E-state index in [0.29, 0.717) is 19.8 Å². The Balaban J connectivity index is 0.00000176. The van der Waals surface area contributed by atoms with Crippen molar-refractivity contribution in [3.63, 3.8) is 0 Å². The molecule has 0 radical (unpaired) electrons. The summed E-state index contributed by atoms with van der Waals surface area (Å²) in [6, 6.07) is 10.1. The van der Waals surface area contributed by atoms with Crippen molar-refractivity contribution in [2.45, 2.75) is 40.7 Å². The van der Waals surface area contributed by atoms with E-state index in [0.717, 1.165) is 22.0 Å². The van der Waals surface area contributed by atoms with Gasteiger partial charge in [0.2, 0.25) is 0 Å². The molecule has 6 nitrogen and oxygen atoms in total. The highest BCUT2D eigenvalue weighted by atomic mass is 32.2. The summed E-state index contributed by atoms with van der Waals surface area (Å²) in [5.74, 6) is 0.537. The molecule has 1 aromatic carbocycles. The number of carbonyl (C=O) groups is 1. The van der Waals surface area contributed by atoms with Gasteiger partial charge in [0.15, 0.2) is 0 Å². The number of esters is 1. The summed E-state index contributed by atoms with van der Waals surface area (Å²) in [6.07, 6.45) is 3.84. The van der Waals surface area contributed by atoms with Crippen LogP contribution in [0.25, 0.3) is 0 Å². The number of thioether (sulfide) groups is 1. The molecule has 0 aliphatic carbocycles. The fourth-order valence-electron chi connectivity index (χ4n) is 2.47. The molecule has 1 aromatic rings. The number of nitrogens with zero attached hydrogens (tertiary/aromatic N) is 3. The monoisotopic (exact) mass is 390 g/mol. The molecule has 2 rings (SSSR count). The zero-order valence-electron chi connectivity index (χ0n) is 16.9. The molecule has 0 bridgehead atoms. The lowest BCUT2D eigenvalue weighted by Gasteiger charge is -2.29. The van der Waals surface area contributed by atoms with Crippen LogP contribution >= 0.6 is 11.8 Å². The average molecular weight is 391 g/mol. The van der Waals surface area contributed by atoms with E-state index in [1.54, 1.807) is 18.1 Å². The molecule has 0 saturated heterocycles. The third-order valence-corrected chi connectivity index (χ3v) is 4.29. The van der Waals surface area contributed by atoms with Gasteiger partial charge >= 0.3 is 5.97 Å². The van der Waals surface area contributed by atoms with Crippen molar-refractivity contribution >= 4 is 29.0 Å². The van der Waals surface area contributed by atoms with E-state index >= 15 is 0 Å². The normalized spacial score (nSPS) is 13.8. The number of benzene rings is 1. The number of nitrogens with one attached hydrogen (secondary N) is 1. The molecule has 7 heteroatoms. The average Bonchev–Trinajstić information content (AvgIpc) is 2.70. The lowest BCUT2D eigenvalue weighted by molar-refractivity contribution is -0.142. The standard InChI is InChI=1S/C18H24N4O2S.C2H6/c1-4-21-22-13-20-18(25-3)15(11-16(23)24-5-2)17(22)19-12-14-9-7-6-8-10-14;1-2/h4,6-10,19H,5,11-13H2,1-3H3;1-2H3/b21-4-;. The van der Waals surface area contributed by atoms with Crippen molar-refractivity contribution < 1.29 is 9.53 Å². The van der Waals surface area contributed by atoms with Crippen LogP contribution in [0, 0.1) is 0 Å². The number of carbonyl (C=O) groups excluding carboxylic acids is 1. The Morgan fingerprint density at radius 3 is 2.67 bits per heavy atom. The summed E-state index contributed by atoms with van der Waals surface area (Å²) in [5, 5.41) is 10.4. The number of hydrogen-bond acceptors (Lipinski definition) is 7. The van der Waals surface area contributed by atoms with Crippen LogP contribution in [-0.2, 0) is 16.1 Å². The van der Waals surface area contributed by atoms with Crippen LogP contribution in [-0.4, -0.2) is 41.8 Å². The number of hydrazone groups is 1. The van der Waals surface area contributed by atoms with Crippen LogP contribution in [0.4, 0.5) is 0 Å². The Morgan fingerprint density at radius 2 is 2.07 bits per heavy atom. The highest BCUT2D eigenvalue weighted by Gasteiger charge is 2.25. The first-order valence-electron chi connectivity index (χ1n) is 9.21. The van der Waals surface area contributed by atoms with E-state index in [1.165, 1.54) is 11.8 Å². The molecule has 27 heavy (non-hydrogen) atoms. The van der Waals surface area contributed by atoms with Crippen molar-refractivity contribution in [1.82, 2.24) is 10.3 Å². The molecule has 1 aliphatic heterocycles. The SMILES string of the molecule is C/C=N\N1CN=C(SC)C(CC(=O)OCC)=C1NCc1ccccc1.CC. The van der Waals surface area contributed by atoms with Crippen molar-refractivity contribution in [2.24, 2.45) is 10.1 Å². The van der Waals surface area contributed by atoms with Gasteiger partial charge in [0.05, 0.1) is 18.1 Å². The Hall–Kier alpha value is -2.28. The highest BCUT2D eigenvalue weighted by Crippen LogP contribution is 2.24. The summed E-state index contributed by atoms with van der Waals surface area (Å²) in [4.78, 5) is 16.6. The molecule has 0 saturated carbocycles. The topological polar surface area (TPSA) is 66.3 Å². The van der Waals surface area contributed by atoms with E-state index in [1.807, 2.05) is 45.2 Å². The maximum Gasteiger partial charge on any atom is 0.310 e. The Bertz CT molecular complexity index is 672. The minimum Gasteiger partial charge on any atom is -0.466 e. The summed E-state index contributed by atoms with van der Waals surface area (Å²) < 4.78 is 5.12. The van der Waals surface area contributed by atoms with Crippen molar-refractivity contribution in [1.29, 1.82) is 0 Å². The van der Waals surface area contributed by atoms with E-state index in [4.69, 9.17) is 4.74 Å². The second-order valence-corrected chi connectivity index (χ2v) is 6.03. The van der Waals surface area contributed by atoms with Gasteiger partial charge in [-0.25, -0.2) is 5.01 Å². The minimum atomic E-state index is -0.263. The van der Waals surface area contributed by atoms with Crippen molar-refractivity contribution in [3.05, 3.63) is 47.3 Å². The van der Waals surface area contributed by atoms with E-state index in [-0.39, 0.29) is 12.4 Å². The molecule has 0 amide bonds. The predicted octanol–water partition coefficient (Wildman–Crippen LogP) is 4.01. The number of aliphatic imine (C=N–C) groups is 1. The first-order chi connectivity index (χ1) is 13.2. The van der Waals surface area contributed by atoms with Gasteiger partial charge in [-0.1, -0.05) is 44.2 Å². The molecule has 0 unspecified atom stereocenters. The van der Waals surface area contributed by atoms with Crippen molar-refractivity contribution in [3.8, 4) is 0 Å². The van der Waals surface area contributed by atoms with Crippen LogP contribution in [0.2, 0.25) is 0 Å². The first-order valence-corrected chi connectivity index (χ1v) is 10.4. The zero-order valence-corrected chi connectivity index (χ0v) is 17.7. The lowest BCUT2D eigenvalue weighted by atomic mass is 10.1. The molecule has 0 atom stereocenters. The van der Waals surface area contributed by atoms with Gasteiger partial charge in [-0.15, -0.1) is 11.8 Å². The van der Waals surface area contributed by atoms with Gasteiger partial charge in [0.1, 0.15) is 12.5 Å². The van der Waals surface area contributed by atoms with Gasteiger partial charge in [0, 0.05) is 18.3 Å². The van der Waals surface area contributed by atoms with Gasteiger partial charge in [-0.05, 0) is 25.7 Å². The Labute approximate surface area is 166 Å². The van der Waals surface area contributed by atoms with Gasteiger partial charge in [-0.2, -0.15) is 5.10 Å². The van der Waals surface area contributed by atoms with E-state index in [2.05, 4.69) is 27.5 Å². The highest BCUT2D eigenvalue weighted by molar-refractivity contribution is 8.13. The zero-order chi connectivity index (χ0) is 20.1. The van der Waals surface area contributed by atoms with Gasteiger partial charge < -0.3 is 10.1 Å². The summed E-state index contributed by atoms with van der Waals surface area (Å²) in [7, 11) is 0. The lowest BCUT2D eigenvalue weighted by Crippen LogP contribution is -2.35.